The molecule has 0 aromatic heterocycles. The Morgan fingerprint density at radius 1 is 0.973 bits per heavy atom. The minimum absolute atomic E-state index is 0.0353. The largest absolute Gasteiger partial charge is 0.458 e. The number of allylic oxidation sites excluding steroid dienone is 1. The Hall–Kier alpha value is -1.57. The highest BCUT2D eigenvalue weighted by Gasteiger charge is 2.54. The third kappa shape index (κ3) is 5.46. The molecule has 5 rings (SSSR count). The van der Waals surface area contributed by atoms with Crippen LogP contribution in [0.15, 0.2) is 35.9 Å². The number of carbonyl (C=O) groups excluding carboxylic acids is 1. The summed E-state index contributed by atoms with van der Waals surface area (Å²) in [5.74, 6) is 6.22. The second-order valence-electron chi connectivity index (χ2n) is 13.9. The highest BCUT2D eigenvalue weighted by Crippen LogP contribution is 2.63. The van der Waals surface area contributed by atoms with Crippen LogP contribution in [0.25, 0.3) is 0 Å². The van der Waals surface area contributed by atoms with Gasteiger partial charge in [-0.05, 0) is 116 Å². The maximum Gasteiger partial charge on any atom is 0.338 e. The SMILES string of the molecule is CCc1ccc(C(=O)OC2CCC3(C)C(=CCC4C5CCC(C(C)CCCC(C)C)C5CCC43)C2)cc1. The van der Waals surface area contributed by atoms with E-state index in [2.05, 4.69) is 52.8 Å². The third-order valence-corrected chi connectivity index (χ3v) is 11.5. The van der Waals surface area contributed by atoms with Crippen molar-refractivity contribution in [3.63, 3.8) is 0 Å². The molecule has 0 bridgehead atoms. The van der Waals surface area contributed by atoms with Crippen LogP contribution in [0.3, 0.4) is 0 Å². The number of ether oxygens (including phenoxy) is 1. The number of hydrogen-bond donors (Lipinski definition) is 0. The van der Waals surface area contributed by atoms with Gasteiger partial charge in [-0.25, -0.2) is 4.79 Å². The van der Waals surface area contributed by atoms with Crippen LogP contribution in [-0.4, -0.2) is 12.1 Å². The van der Waals surface area contributed by atoms with E-state index in [-0.39, 0.29) is 12.1 Å². The van der Waals surface area contributed by atoms with Gasteiger partial charge in [0.05, 0.1) is 5.56 Å². The van der Waals surface area contributed by atoms with E-state index in [1.165, 1.54) is 63.4 Å². The number of benzene rings is 1. The van der Waals surface area contributed by atoms with Gasteiger partial charge in [-0.2, -0.15) is 0 Å². The fourth-order valence-corrected chi connectivity index (χ4v) is 9.29. The lowest BCUT2D eigenvalue weighted by Gasteiger charge is -2.55. The summed E-state index contributed by atoms with van der Waals surface area (Å²) in [5, 5.41) is 0. The second-order valence-corrected chi connectivity index (χ2v) is 13.9. The quantitative estimate of drug-likeness (QED) is 0.260. The van der Waals surface area contributed by atoms with Crippen molar-refractivity contribution in [3.05, 3.63) is 47.0 Å². The third-order valence-electron chi connectivity index (χ3n) is 11.5. The number of rotatable bonds is 8. The number of fused-ring (bicyclic) bond motifs is 5. The predicted molar refractivity (Wildman–Crippen MR) is 153 cm³/mol. The van der Waals surface area contributed by atoms with Gasteiger partial charge >= 0.3 is 5.97 Å². The summed E-state index contributed by atoms with van der Waals surface area (Å²) >= 11 is 0. The average Bonchev–Trinajstić information content (AvgIpc) is 3.33. The smallest absolute Gasteiger partial charge is 0.338 e. The first-order valence-corrected chi connectivity index (χ1v) is 15.8. The van der Waals surface area contributed by atoms with Crippen molar-refractivity contribution >= 4 is 5.97 Å². The van der Waals surface area contributed by atoms with Crippen LogP contribution in [0.1, 0.15) is 121 Å². The lowest BCUT2D eigenvalue weighted by Crippen LogP contribution is -2.48. The van der Waals surface area contributed by atoms with Gasteiger partial charge in [0.1, 0.15) is 6.10 Å². The fourth-order valence-electron chi connectivity index (χ4n) is 9.29. The minimum Gasteiger partial charge on any atom is -0.458 e. The molecule has 0 heterocycles. The first-order valence-electron chi connectivity index (χ1n) is 15.8. The van der Waals surface area contributed by atoms with E-state index < -0.39 is 0 Å². The second kappa shape index (κ2) is 11.3. The van der Waals surface area contributed by atoms with Gasteiger partial charge in [0.2, 0.25) is 0 Å². The molecule has 4 aliphatic carbocycles. The number of esters is 1. The maximum absolute atomic E-state index is 12.8. The van der Waals surface area contributed by atoms with Crippen molar-refractivity contribution in [2.75, 3.05) is 0 Å². The van der Waals surface area contributed by atoms with Crippen molar-refractivity contribution in [3.8, 4) is 0 Å². The molecule has 4 aliphatic rings. The van der Waals surface area contributed by atoms with Crippen LogP contribution in [0.2, 0.25) is 0 Å². The molecular weight excluding hydrogens is 452 g/mol. The van der Waals surface area contributed by atoms with E-state index in [4.69, 9.17) is 4.74 Å². The highest BCUT2D eigenvalue weighted by molar-refractivity contribution is 5.89. The molecule has 0 N–H and O–H groups in total. The predicted octanol–water partition coefficient (Wildman–Crippen LogP) is 9.43. The van der Waals surface area contributed by atoms with E-state index in [1.54, 1.807) is 5.57 Å². The monoisotopic (exact) mass is 504 g/mol. The zero-order valence-corrected chi connectivity index (χ0v) is 24.3. The lowest BCUT2D eigenvalue weighted by molar-refractivity contribution is -0.0240. The van der Waals surface area contributed by atoms with Gasteiger partial charge in [0.25, 0.3) is 0 Å². The highest BCUT2D eigenvalue weighted by atomic mass is 16.5. The molecule has 0 aliphatic heterocycles. The molecule has 1 aromatic carbocycles. The molecule has 8 unspecified atom stereocenters. The molecule has 0 spiro atoms. The molecule has 204 valence electrons. The van der Waals surface area contributed by atoms with E-state index in [0.717, 1.165) is 60.7 Å². The van der Waals surface area contributed by atoms with Gasteiger partial charge in [0.15, 0.2) is 0 Å². The van der Waals surface area contributed by atoms with Crippen LogP contribution in [0, 0.1) is 46.8 Å². The summed E-state index contributed by atoms with van der Waals surface area (Å²) in [4.78, 5) is 12.8. The van der Waals surface area contributed by atoms with Crippen molar-refractivity contribution in [1.29, 1.82) is 0 Å². The Balaban J connectivity index is 1.21. The topological polar surface area (TPSA) is 26.3 Å². The molecule has 2 heteroatoms. The Labute approximate surface area is 227 Å². The molecule has 0 radical (unpaired) electrons. The standard InChI is InChI=1S/C35H52O2/c1-6-25-10-12-26(13-11-25)34(36)37-28-20-21-35(5)27(22-28)14-15-32-31-17-16-29(30(31)18-19-33(32)35)24(4)9-7-8-23(2)3/h10-14,23-24,28-33H,6-9,15-22H2,1-5H3. The fraction of sp³-hybridized carbons (Fsp3) is 0.743. The molecule has 8 atom stereocenters. The number of hydrogen-bond acceptors (Lipinski definition) is 2. The molecule has 1 aromatic rings. The van der Waals surface area contributed by atoms with Gasteiger partial charge in [0, 0.05) is 6.42 Å². The summed E-state index contributed by atoms with van der Waals surface area (Å²) in [7, 11) is 0. The normalized spacial score (nSPS) is 35.8. The summed E-state index contributed by atoms with van der Waals surface area (Å²) in [6, 6.07) is 7.96. The van der Waals surface area contributed by atoms with Crippen LogP contribution in [-0.2, 0) is 11.2 Å². The first-order chi connectivity index (χ1) is 17.8. The first kappa shape index (κ1) is 27.0. The van der Waals surface area contributed by atoms with Crippen molar-refractivity contribution < 1.29 is 9.53 Å². The number of aryl methyl sites for hydroxylation is 1. The van der Waals surface area contributed by atoms with Crippen LogP contribution in [0.4, 0.5) is 0 Å². The molecule has 2 nitrogen and oxygen atoms in total. The Morgan fingerprint density at radius 2 is 1.73 bits per heavy atom. The van der Waals surface area contributed by atoms with E-state index in [0.29, 0.717) is 11.0 Å². The minimum atomic E-state index is -0.148. The van der Waals surface area contributed by atoms with Crippen molar-refractivity contribution in [1.82, 2.24) is 0 Å². The van der Waals surface area contributed by atoms with Gasteiger partial charge < -0.3 is 4.74 Å². The van der Waals surface area contributed by atoms with Gasteiger partial charge in [-0.1, -0.05) is 77.7 Å². The molecule has 3 fully saturated rings. The molecule has 3 saturated carbocycles. The number of carbonyl (C=O) groups is 1. The Morgan fingerprint density at radius 3 is 2.46 bits per heavy atom. The van der Waals surface area contributed by atoms with Crippen molar-refractivity contribution in [2.45, 2.75) is 118 Å². The van der Waals surface area contributed by atoms with Gasteiger partial charge in [-0.3, -0.25) is 0 Å². The zero-order chi connectivity index (χ0) is 26.2. The van der Waals surface area contributed by atoms with Crippen LogP contribution < -0.4 is 0 Å². The van der Waals surface area contributed by atoms with E-state index in [9.17, 15) is 4.79 Å². The van der Waals surface area contributed by atoms with Crippen molar-refractivity contribution in [2.24, 2.45) is 46.8 Å². The van der Waals surface area contributed by atoms with E-state index >= 15 is 0 Å². The Bertz CT molecular complexity index is 958. The summed E-state index contributed by atoms with van der Waals surface area (Å²) in [5.41, 5.74) is 3.88. The summed E-state index contributed by atoms with van der Waals surface area (Å²) in [6.45, 7) is 12.0. The molecule has 37 heavy (non-hydrogen) atoms. The Kier molecular flexibility index (Phi) is 8.23. The zero-order valence-electron chi connectivity index (χ0n) is 24.3. The lowest BCUT2D eigenvalue weighted by atomic mass is 9.50. The summed E-state index contributed by atoms with van der Waals surface area (Å²) in [6.07, 6.45) is 18.1. The van der Waals surface area contributed by atoms with Gasteiger partial charge in [-0.15, -0.1) is 0 Å². The van der Waals surface area contributed by atoms with Crippen LogP contribution in [0.5, 0.6) is 0 Å². The van der Waals surface area contributed by atoms with Crippen LogP contribution >= 0.6 is 0 Å². The van der Waals surface area contributed by atoms with E-state index in [1.807, 2.05) is 12.1 Å². The summed E-state index contributed by atoms with van der Waals surface area (Å²) < 4.78 is 6.06. The average molecular weight is 505 g/mol. The molecular formula is C35H52O2. The molecule has 0 saturated heterocycles. The molecule has 0 amide bonds. The maximum atomic E-state index is 12.8.